The van der Waals surface area contributed by atoms with Gasteiger partial charge in [-0.1, -0.05) is 18.6 Å². The number of anilines is 1. The highest BCUT2D eigenvalue weighted by Gasteiger charge is 2.26. The summed E-state index contributed by atoms with van der Waals surface area (Å²) in [5, 5.41) is 2.85. The Bertz CT molecular complexity index is 996. The van der Waals surface area contributed by atoms with Gasteiger partial charge >= 0.3 is 0 Å². The van der Waals surface area contributed by atoms with Crippen LogP contribution in [0, 0.1) is 20.8 Å². The van der Waals surface area contributed by atoms with E-state index >= 15 is 0 Å². The third-order valence-corrected chi connectivity index (χ3v) is 7.02. The molecular formula is C22H28N2O4S. The maximum absolute atomic E-state index is 12.8. The van der Waals surface area contributed by atoms with E-state index in [1.807, 2.05) is 32.0 Å². The number of carbonyl (C=O) groups is 1. The summed E-state index contributed by atoms with van der Waals surface area (Å²) in [6.07, 6.45) is 2.87. The van der Waals surface area contributed by atoms with Crippen molar-refractivity contribution in [2.45, 2.75) is 44.9 Å². The second-order valence-corrected chi connectivity index (χ2v) is 9.49. The zero-order valence-corrected chi connectivity index (χ0v) is 18.0. The van der Waals surface area contributed by atoms with Gasteiger partial charge < -0.3 is 10.1 Å². The summed E-state index contributed by atoms with van der Waals surface area (Å²) in [6.45, 7) is 6.67. The van der Waals surface area contributed by atoms with Crippen molar-refractivity contribution in [3.05, 3.63) is 53.1 Å². The van der Waals surface area contributed by atoms with E-state index in [-0.39, 0.29) is 17.4 Å². The van der Waals surface area contributed by atoms with E-state index in [0.717, 1.165) is 36.1 Å². The van der Waals surface area contributed by atoms with Gasteiger partial charge in [-0.25, -0.2) is 8.42 Å². The number of ether oxygens (including phenoxy) is 1. The molecule has 1 aliphatic rings. The SMILES string of the molecule is Cc1ccc(C)c(NC(=O)COc2ccc(S(=O)(=O)N3CCCCC3)cc2C)c1. The highest BCUT2D eigenvalue weighted by molar-refractivity contribution is 7.89. The number of amides is 1. The van der Waals surface area contributed by atoms with Crippen molar-refractivity contribution in [3.8, 4) is 5.75 Å². The van der Waals surface area contributed by atoms with Crippen molar-refractivity contribution in [3.63, 3.8) is 0 Å². The summed E-state index contributed by atoms with van der Waals surface area (Å²) in [5.74, 6) is 0.238. The molecule has 6 nitrogen and oxygen atoms in total. The van der Waals surface area contributed by atoms with Crippen LogP contribution in [-0.2, 0) is 14.8 Å². The van der Waals surface area contributed by atoms with E-state index in [0.29, 0.717) is 24.4 Å². The molecule has 3 rings (SSSR count). The molecule has 0 atom stereocenters. The molecule has 1 saturated heterocycles. The molecular weight excluding hydrogens is 388 g/mol. The first kappa shape index (κ1) is 21.3. The number of nitrogens with zero attached hydrogens (tertiary/aromatic N) is 1. The first-order valence-electron chi connectivity index (χ1n) is 9.88. The number of hydrogen-bond acceptors (Lipinski definition) is 4. The molecule has 156 valence electrons. The maximum Gasteiger partial charge on any atom is 0.262 e. The van der Waals surface area contributed by atoms with Crippen LogP contribution >= 0.6 is 0 Å². The zero-order chi connectivity index (χ0) is 21.0. The molecule has 2 aromatic rings. The normalized spacial score (nSPS) is 15.1. The largest absolute Gasteiger partial charge is 0.483 e. The third-order valence-electron chi connectivity index (χ3n) is 5.13. The number of benzene rings is 2. The second-order valence-electron chi connectivity index (χ2n) is 7.55. The van der Waals surface area contributed by atoms with Gasteiger partial charge in [0.25, 0.3) is 5.91 Å². The highest BCUT2D eigenvalue weighted by Crippen LogP contribution is 2.26. The molecule has 0 radical (unpaired) electrons. The smallest absolute Gasteiger partial charge is 0.262 e. The average Bonchev–Trinajstić information content (AvgIpc) is 2.70. The Hall–Kier alpha value is -2.38. The van der Waals surface area contributed by atoms with E-state index in [2.05, 4.69) is 5.32 Å². The Labute approximate surface area is 172 Å². The predicted octanol–water partition coefficient (Wildman–Crippen LogP) is 3.80. The summed E-state index contributed by atoms with van der Waals surface area (Å²) >= 11 is 0. The van der Waals surface area contributed by atoms with Crippen LogP contribution in [0.2, 0.25) is 0 Å². The number of piperidine rings is 1. The predicted molar refractivity (Wildman–Crippen MR) is 114 cm³/mol. The molecule has 0 bridgehead atoms. The quantitative estimate of drug-likeness (QED) is 0.777. The summed E-state index contributed by atoms with van der Waals surface area (Å²) < 4.78 is 32.8. The van der Waals surface area contributed by atoms with Crippen LogP contribution in [0.25, 0.3) is 0 Å². The molecule has 0 aliphatic carbocycles. The molecule has 29 heavy (non-hydrogen) atoms. The van der Waals surface area contributed by atoms with Crippen LogP contribution in [0.4, 0.5) is 5.69 Å². The molecule has 0 spiro atoms. The lowest BCUT2D eigenvalue weighted by atomic mass is 10.1. The lowest BCUT2D eigenvalue weighted by Crippen LogP contribution is -2.35. The van der Waals surface area contributed by atoms with Crippen LogP contribution in [0.15, 0.2) is 41.3 Å². The summed E-state index contributed by atoms with van der Waals surface area (Å²) in [4.78, 5) is 12.5. The fourth-order valence-corrected chi connectivity index (χ4v) is 5.00. The number of rotatable bonds is 6. The average molecular weight is 417 g/mol. The third kappa shape index (κ3) is 5.16. The lowest BCUT2D eigenvalue weighted by molar-refractivity contribution is -0.118. The van der Waals surface area contributed by atoms with E-state index in [9.17, 15) is 13.2 Å². The van der Waals surface area contributed by atoms with E-state index in [4.69, 9.17) is 4.74 Å². The van der Waals surface area contributed by atoms with Gasteiger partial charge in [0, 0.05) is 18.8 Å². The fraction of sp³-hybridized carbons (Fsp3) is 0.409. The molecule has 2 aromatic carbocycles. The minimum atomic E-state index is -3.48. The topological polar surface area (TPSA) is 75.7 Å². The lowest BCUT2D eigenvalue weighted by Gasteiger charge is -2.26. The standard InChI is InChI=1S/C22H28N2O4S/c1-16-7-8-17(2)20(13-16)23-22(25)15-28-21-10-9-19(14-18(21)3)29(26,27)24-11-5-4-6-12-24/h7-10,13-14H,4-6,11-12,15H2,1-3H3,(H,23,25). The zero-order valence-electron chi connectivity index (χ0n) is 17.2. The number of sulfonamides is 1. The molecule has 0 unspecified atom stereocenters. The Morgan fingerprint density at radius 3 is 2.41 bits per heavy atom. The molecule has 1 fully saturated rings. The Morgan fingerprint density at radius 1 is 1.00 bits per heavy atom. The van der Waals surface area contributed by atoms with Gasteiger partial charge in [0.1, 0.15) is 5.75 Å². The minimum absolute atomic E-state index is 0.146. The molecule has 7 heteroatoms. The molecule has 0 aromatic heterocycles. The summed E-state index contributed by atoms with van der Waals surface area (Å²) in [6, 6.07) is 10.6. The Morgan fingerprint density at radius 2 is 1.72 bits per heavy atom. The van der Waals surface area contributed by atoms with Crippen LogP contribution in [0.3, 0.4) is 0 Å². The van der Waals surface area contributed by atoms with E-state index in [1.54, 1.807) is 29.4 Å². The Kier molecular flexibility index (Phi) is 6.59. The van der Waals surface area contributed by atoms with Crippen LogP contribution < -0.4 is 10.1 Å². The van der Waals surface area contributed by atoms with Gasteiger partial charge in [-0.05, 0) is 74.6 Å². The molecule has 1 N–H and O–H groups in total. The molecule has 1 heterocycles. The van der Waals surface area contributed by atoms with Gasteiger partial charge in [-0.2, -0.15) is 4.31 Å². The highest BCUT2D eigenvalue weighted by atomic mass is 32.2. The Balaban J connectivity index is 1.64. The molecule has 0 saturated carbocycles. The van der Waals surface area contributed by atoms with Crippen molar-refractivity contribution in [1.29, 1.82) is 0 Å². The van der Waals surface area contributed by atoms with Gasteiger partial charge in [0.05, 0.1) is 4.90 Å². The van der Waals surface area contributed by atoms with Gasteiger partial charge in [-0.15, -0.1) is 0 Å². The number of aryl methyl sites for hydroxylation is 3. The first-order valence-corrected chi connectivity index (χ1v) is 11.3. The van der Waals surface area contributed by atoms with Crippen LogP contribution in [0.5, 0.6) is 5.75 Å². The van der Waals surface area contributed by atoms with E-state index in [1.165, 1.54) is 0 Å². The first-order chi connectivity index (χ1) is 13.8. The summed E-state index contributed by atoms with van der Waals surface area (Å²) in [7, 11) is -3.48. The van der Waals surface area contributed by atoms with Gasteiger partial charge in [0.2, 0.25) is 10.0 Å². The monoisotopic (exact) mass is 416 g/mol. The van der Waals surface area contributed by atoms with Crippen molar-refractivity contribution in [2.75, 3.05) is 25.0 Å². The fourth-order valence-electron chi connectivity index (χ4n) is 3.40. The van der Waals surface area contributed by atoms with Crippen molar-refractivity contribution in [1.82, 2.24) is 4.31 Å². The molecule has 1 aliphatic heterocycles. The van der Waals surface area contributed by atoms with Crippen molar-refractivity contribution in [2.24, 2.45) is 0 Å². The molecule has 1 amide bonds. The van der Waals surface area contributed by atoms with Crippen molar-refractivity contribution < 1.29 is 17.9 Å². The number of hydrogen-bond donors (Lipinski definition) is 1. The van der Waals surface area contributed by atoms with Gasteiger partial charge in [-0.3, -0.25) is 4.79 Å². The van der Waals surface area contributed by atoms with Crippen LogP contribution in [-0.4, -0.2) is 38.3 Å². The number of nitrogens with one attached hydrogen (secondary N) is 1. The maximum atomic E-state index is 12.8. The number of carbonyl (C=O) groups excluding carboxylic acids is 1. The van der Waals surface area contributed by atoms with Crippen molar-refractivity contribution >= 4 is 21.6 Å². The summed E-state index contributed by atoms with van der Waals surface area (Å²) in [5.41, 5.74) is 3.49. The van der Waals surface area contributed by atoms with E-state index < -0.39 is 10.0 Å². The van der Waals surface area contributed by atoms with Gasteiger partial charge in [0.15, 0.2) is 6.61 Å². The minimum Gasteiger partial charge on any atom is -0.483 e. The van der Waals surface area contributed by atoms with Crippen LogP contribution in [0.1, 0.15) is 36.0 Å². The second kappa shape index (κ2) is 8.97.